The minimum atomic E-state index is 0.0351. The van der Waals surface area contributed by atoms with Crippen molar-refractivity contribution in [1.82, 2.24) is 15.1 Å². The first-order chi connectivity index (χ1) is 11.5. The van der Waals surface area contributed by atoms with Crippen molar-refractivity contribution in [3.05, 3.63) is 33.8 Å². The van der Waals surface area contributed by atoms with Gasteiger partial charge in [0.25, 0.3) is 0 Å². The maximum atomic E-state index is 12.4. The van der Waals surface area contributed by atoms with Crippen molar-refractivity contribution < 1.29 is 9.59 Å². The maximum absolute atomic E-state index is 12.4. The van der Waals surface area contributed by atoms with Gasteiger partial charge in [-0.1, -0.05) is 35.3 Å². The van der Waals surface area contributed by atoms with E-state index in [1.807, 2.05) is 24.0 Å². The highest BCUT2D eigenvalue weighted by Crippen LogP contribution is 2.26. The molecular weight excluding hydrogens is 349 g/mol. The molecule has 1 aromatic carbocycles. The van der Waals surface area contributed by atoms with Gasteiger partial charge in [-0.25, -0.2) is 0 Å². The lowest BCUT2D eigenvalue weighted by atomic mass is 10.1. The van der Waals surface area contributed by atoms with E-state index in [9.17, 15) is 9.59 Å². The van der Waals surface area contributed by atoms with Crippen LogP contribution >= 0.6 is 23.2 Å². The third-order valence-electron chi connectivity index (χ3n) is 4.11. The van der Waals surface area contributed by atoms with E-state index >= 15 is 0 Å². The second-order valence-electron chi connectivity index (χ2n) is 5.82. The molecule has 0 radical (unpaired) electrons. The lowest BCUT2D eigenvalue weighted by molar-refractivity contribution is -0.133. The predicted molar refractivity (Wildman–Crippen MR) is 96.5 cm³/mol. The number of amides is 2. The maximum Gasteiger partial charge on any atom is 0.234 e. The molecule has 0 aliphatic carbocycles. The molecule has 1 saturated heterocycles. The summed E-state index contributed by atoms with van der Waals surface area (Å²) < 4.78 is 0. The molecule has 0 saturated carbocycles. The Hall–Kier alpha value is -1.30. The SMILES string of the molecule is CCNC(=O)CN1CCN(C(=O)CCc2cccc(Cl)c2Cl)CC1. The molecule has 24 heavy (non-hydrogen) atoms. The lowest BCUT2D eigenvalue weighted by Crippen LogP contribution is -2.51. The van der Waals surface area contributed by atoms with Crippen molar-refractivity contribution in [3.63, 3.8) is 0 Å². The fourth-order valence-corrected chi connectivity index (χ4v) is 3.17. The highest BCUT2D eigenvalue weighted by molar-refractivity contribution is 6.42. The summed E-state index contributed by atoms with van der Waals surface area (Å²) in [7, 11) is 0. The number of benzene rings is 1. The molecule has 0 unspecified atom stereocenters. The van der Waals surface area contributed by atoms with Gasteiger partial charge in [0.05, 0.1) is 16.6 Å². The van der Waals surface area contributed by atoms with E-state index in [-0.39, 0.29) is 11.8 Å². The number of aryl methyl sites for hydroxylation is 1. The van der Waals surface area contributed by atoms with Crippen LogP contribution in [0, 0.1) is 0 Å². The number of carbonyl (C=O) groups excluding carboxylic acids is 2. The summed E-state index contributed by atoms with van der Waals surface area (Å²) in [6, 6.07) is 5.48. The monoisotopic (exact) mass is 371 g/mol. The number of halogens is 2. The topological polar surface area (TPSA) is 52.7 Å². The van der Waals surface area contributed by atoms with Crippen LogP contribution in [0.1, 0.15) is 18.9 Å². The molecule has 0 atom stereocenters. The van der Waals surface area contributed by atoms with Gasteiger partial charge >= 0.3 is 0 Å². The molecule has 2 amide bonds. The second-order valence-corrected chi connectivity index (χ2v) is 6.61. The van der Waals surface area contributed by atoms with Crippen LogP contribution in [0.5, 0.6) is 0 Å². The van der Waals surface area contributed by atoms with Gasteiger partial charge in [-0.15, -0.1) is 0 Å². The summed E-state index contributed by atoms with van der Waals surface area (Å²) in [5.41, 5.74) is 0.896. The summed E-state index contributed by atoms with van der Waals surface area (Å²) in [5.74, 6) is 0.150. The van der Waals surface area contributed by atoms with Gasteiger partial charge in [-0.05, 0) is 25.0 Å². The van der Waals surface area contributed by atoms with Gasteiger partial charge in [0.15, 0.2) is 0 Å². The number of likely N-dealkylation sites (N-methyl/N-ethyl adjacent to an activating group) is 1. The minimum Gasteiger partial charge on any atom is -0.355 e. The Balaban J connectivity index is 1.76. The van der Waals surface area contributed by atoms with Gasteiger partial charge in [-0.2, -0.15) is 0 Å². The Kier molecular flexibility index (Phi) is 7.34. The van der Waals surface area contributed by atoms with Crippen LogP contribution in [0.15, 0.2) is 18.2 Å². The lowest BCUT2D eigenvalue weighted by Gasteiger charge is -2.34. The fourth-order valence-electron chi connectivity index (χ4n) is 2.75. The average molecular weight is 372 g/mol. The highest BCUT2D eigenvalue weighted by atomic mass is 35.5. The molecule has 5 nitrogen and oxygen atoms in total. The second kappa shape index (κ2) is 9.25. The first-order valence-corrected chi connectivity index (χ1v) is 8.96. The molecule has 1 heterocycles. The van der Waals surface area contributed by atoms with E-state index in [0.29, 0.717) is 49.1 Å². The van der Waals surface area contributed by atoms with Crippen LogP contribution in [0.3, 0.4) is 0 Å². The molecule has 0 bridgehead atoms. The largest absolute Gasteiger partial charge is 0.355 e. The zero-order valence-electron chi connectivity index (χ0n) is 13.9. The van der Waals surface area contributed by atoms with Gasteiger partial charge in [-0.3, -0.25) is 14.5 Å². The Morgan fingerprint density at radius 1 is 1.17 bits per heavy atom. The van der Waals surface area contributed by atoms with Crippen molar-refractivity contribution in [2.45, 2.75) is 19.8 Å². The summed E-state index contributed by atoms with van der Waals surface area (Å²) >= 11 is 12.1. The molecule has 2 rings (SSSR count). The predicted octanol–water partition coefficient (Wildman–Crippen LogP) is 2.21. The third-order valence-corrected chi connectivity index (χ3v) is 4.96. The fraction of sp³-hybridized carbons (Fsp3) is 0.529. The molecule has 0 spiro atoms. The first-order valence-electron chi connectivity index (χ1n) is 8.21. The molecule has 1 N–H and O–H groups in total. The van der Waals surface area contributed by atoms with Crippen molar-refractivity contribution in [2.24, 2.45) is 0 Å². The Morgan fingerprint density at radius 2 is 1.88 bits per heavy atom. The number of nitrogens with zero attached hydrogens (tertiary/aromatic N) is 2. The van der Waals surface area contributed by atoms with Gasteiger partial charge < -0.3 is 10.2 Å². The van der Waals surface area contributed by atoms with Crippen LogP contribution in [-0.2, 0) is 16.0 Å². The van der Waals surface area contributed by atoms with Crippen molar-refractivity contribution in [3.8, 4) is 0 Å². The average Bonchev–Trinajstić information content (AvgIpc) is 2.57. The van der Waals surface area contributed by atoms with E-state index in [2.05, 4.69) is 10.2 Å². The molecule has 7 heteroatoms. The minimum absolute atomic E-state index is 0.0351. The normalized spacial score (nSPS) is 15.4. The van der Waals surface area contributed by atoms with Crippen LogP contribution < -0.4 is 5.32 Å². The number of piperazine rings is 1. The summed E-state index contributed by atoms with van der Waals surface area (Å²) in [4.78, 5) is 27.9. The van der Waals surface area contributed by atoms with Crippen molar-refractivity contribution in [1.29, 1.82) is 0 Å². The number of carbonyl (C=O) groups is 2. The highest BCUT2D eigenvalue weighted by Gasteiger charge is 2.22. The summed E-state index contributed by atoms with van der Waals surface area (Å²) in [6.07, 6.45) is 0.994. The Bertz CT molecular complexity index is 587. The van der Waals surface area contributed by atoms with E-state index < -0.39 is 0 Å². The molecule has 1 aliphatic heterocycles. The van der Waals surface area contributed by atoms with Gasteiger partial charge in [0.2, 0.25) is 11.8 Å². The van der Waals surface area contributed by atoms with Crippen LogP contribution in [0.2, 0.25) is 10.0 Å². The van der Waals surface area contributed by atoms with Crippen LogP contribution in [0.25, 0.3) is 0 Å². The van der Waals surface area contributed by atoms with E-state index in [4.69, 9.17) is 23.2 Å². The van der Waals surface area contributed by atoms with E-state index in [0.717, 1.165) is 18.7 Å². The number of hydrogen-bond acceptors (Lipinski definition) is 3. The van der Waals surface area contributed by atoms with E-state index in [1.165, 1.54) is 0 Å². The van der Waals surface area contributed by atoms with Gasteiger partial charge in [0, 0.05) is 39.1 Å². The van der Waals surface area contributed by atoms with Crippen LogP contribution in [-0.4, -0.2) is 60.9 Å². The quantitative estimate of drug-likeness (QED) is 0.833. The molecule has 132 valence electrons. The Labute approximate surface area is 152 Å². The van der Waals surface area contributed by atoms with Crippen molar-refractivity contribution in [2.75, 3.05) is 39.3 Å². The summed E-state index contributed by atoms with van der Waals surface area (Å²) in [6.45, 7) is 5.70. The zero-order valence-corrected chi connectivity index (χ0v) is 15.4. The van der Waals surface area contributed by atoms with Crippen molar-refractivity contribution >= 4 is 35.0 Å². The Morgan fingerprint density at radius 3 is 2.54 bits per heavy atom. The van der Waals surface area contributed by atoms with E-state index in [1.54, 1.807) is 6.07 Å². The number of nitrogens with one attached hydrogen (secondary N) is 1. The molecule has 1 aromatic rings. The zero-order chi connectivity index (χ0) is 17.5. The first kappa shape index (κ1) is 19.0. The standard InChI is InChI=1S/C17H23Cl2N3O2/c1-2-20-15(23)12-21-8-10-22(11-9-21)16(24)7-6-13-4-3-5-14(18)17(13)19/h3-5H,2,6-12H2,1H3,(H,20,23). The molecular formula is C17H23Cl2N3O2. The third kappa shape index (κ3) is 5.36. The molecule has 1 aliphatic rings. The number of rotatable bonds is 6. The number of hydrogen-bond donors (Lipinski definition) is 1. The smallest absolute Gasteiger partial charge is 0.234 e. The van der Waals surface area contributed by atoms with Gasteiger partial charge in [0.1, 0.15) is 0 Å². The summed E-state index contributed by atoms with van der Waals surface area (Å²) in [5, 5.41) is 3.83. The molecule has 0 aromatic heterocycles. The van der Waals surface area contributed by atoms with Crippen LogP contribution in [0.4, 0.5) is 0 Å². The molecule has 1 fully saturated rings.